The second-order valence-electron chi connectivity index (χ2n) is 2.56. The molecule has 0 N–H and O–H groups in total. The molecule has 0 saturated heterocycles. The summed E-state index contributed by atoms with van der Waals surface area (Å²) in [6, 6.07) is 8.59. The number of esters is 1. The first kappa shape index (κ1) is 10.9. The van der Waals surface area contributed by atoms with Gasteiger partial charge in [0.25, 0.3) is 0 Å². The van der Waals surface area contributed by atoms with Crippen molar-refractivity contribution in [2.75, 3.05) is 7.11 Å². The summed E-state index contributed by atoms with van der Waals surface area (Å²) in [7, 11) is 1.34. The topological polar surface area (TPSA) is 38.7 Å². The summed E-state index contributed by atoms with van der Waals surface area (Å²) in [5, 5.41) is 0. The Morgan fingerprint density at radius 2 is 2.14 bits per heavy atom. The van der Waals surface area contributed by atoms with Gasteiger partial charge < -0.3 is 0 Å². The number of rotatable bonds is 3. The van der Waals surface area contributed by atoms with Crippen LogP contribution in [0.3, 0.4) is 0 Å². The minimum absolute atomic E-state index is 0.390. The Bertz CT molecular complexity index is 358. The molecular formula is C10H9NO2Se. The van der Waals surface area contributed by atoms with Crippen molar-refractivity contribution in [3.8, 4) is 0 Å². The van der Waals surface area contributed by atoms with Crippen LogP contribution in [0.5, 0.6) is 0 Å². The van der Waals surface area contributed by atoms with E-state index in [1.807, 2.05) is 30.3 Å². The molecule has 1 aromatic rings. The molecule has 0 radical (unpaired) electrons. The molecular weight excluding hydrogens is 245 g/mol. The summed E-state index contributed by atoms with van der Waals surface area (Å²) >= 11 is 2.50. The van der Waals surface area contributed by atoms with Gasteiger partial charge in [-0.3, -0.25) is 0 Å². The van der Waals surface area contributed by atoms with Crippen molar-refractivity contribution in [3.05, 3.63) is 35.9 Å². The summed E-state index contributed by atoms with van der Waals surface area (Å²) in [5.74, 6) is -0.390. The van der Waals surface area contributed by atoms with E-state index in [-0.39, 0.29) is 5.97 Å². The summed E-state index contributed by atoms with van der Waals surface area (Å²) in [5.41, 5.74) is 0.794. The molecule has 0 aromatic heterocycles. The number of nitrogens with zero attached hydrogens (tertiary/aromatic N) is 1. The first-order chi connectivity index (χ1) is 6.79. The number of aliphatic imine (C=N–C) groups is 1. The molecule has 0 spiro atoms. The maximum absolute atomic E-state index is 11.3. The van der Waals surface area contributed by atoms with Crippen molar-refractivity contribution in [2.24, 2.45) is 4.99 Å². The third-order valence-corrected chi connectivity index (χ3v) is 1.94. The Morgan fingerprint density at radius 3 is 2.64 bits per heavy atom. The Morgan fingerprint density at radius 1 is 1.50 bits per heavy atom. The molecule has 1 aromatic carbocycles. The second-order valence-corrected chi connectivity index (χ2v) is 2.94. The molecule has 0 bridgehead atoms. The molecule has 0 unspecified atom stereocenters. The Kier molecular flexibility index (Phi) is 4.27. The molecule has 0 amide bonds. The van der Waals surface area contributed by atoms with E-state index in [1.54, 1.807) is 0 Å². The Hall–Kier alpha value is -1.21. The molecule has 1 rings (SSSR count). The van der Waals surface area contributed by atoms with Gasteiger partial charge in [-0.15, -0.1) is 0 Å². The van der Waals surface area contributed by atoms with Crippen LogP contribution in [0.1, 0.15) is 11.6 Å². The Labute approximate surface area is 90.2 Å². The van der Waals surface area contributed by atoms with Crippen LogP contribution in [0.15, 0.2) is 35.3 Å². The van der Waals surface area contributed by atoms with Crippen molar-refractivity contribution in [3.63, 3.8) is 0 Å². The first-order valence-electron chi connectivity index (χ1n) is 3.99. The van der Waals surface area contributed by atoms with Crippen molar-refractivity contribution in [1.29, 1.82) is 0 Å². The van der Waals surface area contributed by atoms with Gasteiger partial charge in [-0.25, -0.2) is 0 Å². The van der Waals surface area contributed by atoms with Crippen LogP contribution in [-0.2, 0) is 9.53 Å². The fourth-order valence-electron chi connectivity index (χ4n) is 1.06. The van der Waals surface area contributed by atoms with Gasteiger partial charge in [-0.1, -0.05) is 0 Å². The number of benzene rings is 1. The van der Waals surface area contributed by atoms with Gasteiger partial charge in [-0.2, -0.15) is 0 Å². The number of ether oxygens (including phenoxy) is 1. The minimum atomic E-state index is -0.623. The van der Waals surface area contributed by atoms with E-state index in [4.69, 9.17) is 0 Å². The molecule has 14 heavy (non-hydrogen) atoms. The summed E-state index contributed by atoms with van der Waals surface area (Å²) < 4.78 is 7.11. The van der Waals surface area contributed by atoms with Crippen LogP contribution >= 0.6 is 0 Å². The first-order valence-corrected chi connectivity index (χ1v) is 4.85. The molecule has 0 fully saturated rings. The van der Waals surface area contributed by atoms with Gasteiger partial charge in [0.05, 0.1) is 0 Å². The van der Waals surface area contributed by atoms with Crippen molar-refractivity contribution < 1.29 is 9.53 Å². The van der Waals surface area contributed by atoms with Gasteiger partial charge in [0.2, 0.25) is 0 Å². The van der Waals surface area contributed by atoms with Gasteiger partial charge >= 0.3 is 89.8 Å². The molecule has 0 aliphatic heterocycles. The second kappa shape index (κ2) is 5.51. The molecule has 0 saturated carbocycles. The molecule has 0 aliphatic carbocycles. The van der Waals surface area contributed by atoms with Gasteiger partial charge in [-0.05, 0) is 0 Å². The van der Waals surface area contributed by atoms with Crippen LogP contribution in [0.2, 0.25) is 0 Å². The fraction of sp³-hybridized carbons (Fsp3) is 0.200. The quantitative estimate of drug-likeness (QED) is 0.458. The average molecular weight is 254 g/mol. The number of hydrogen-bond donors (Lipinski definition) is 0. The number of hydrogen-bond acceptors (Lipinski definition) is 3. The van der Waals surface area contributed by atoms with Gasteiger partial charge in [0.15, 0.2) is 0 Å². The van der Waals surface area contributed by atoms with E-state index in [9.17, 15) is 4.79 Å². The zero-order valence-electron chi connectivity index (χ0n) is 7.64. The van der Waals surface area contributed by atoms with Crippen LogP contribution in [0.4, 0.5) is 0 Å². The summed E-state index contributed by atoms with van der Waals surface area (Å²) in [4.78, 5) is 15.2. The zero-order valence-corrected chi connectivity index (χ0v) is 9.35. The summed E-state index contributed by atoms with van der Waals surface area (Å²) in [6.07, 6.45) is 0. The van der Waals surface area contributed by atoms with Crippen molar-refractivity contribution in [2.45, 2.75) is 6.04 Å². The van der Waals surface area contributed by atoms with Gasteiger partial charge in [0.1, 0.15) is 0 Å². The van der Waals surface area contributed by atoms with Crippen molar-refractivity contribution >= 4 is 26.3 Å². The molecule has 4 heteroatoms. The number of carbonyl (C=O) groups excluding carboxylic acids is 1. The molecule has 0 heterocycles. The average Bonchev–Trinajstić information content (AvgIpc) is 2.26. The van der Waals surface area contributed by atoms with E-state index in [0.29, 0.717) is 0 Å². The van der Waals surface area contributed by atoms with Crippen LogP contribution < -0.4 is 0 Å². The molecule has 0 aliphatic rings. The number of methoxy groups -OCH3 is 1. The maximum atomic E-state index is 11.3. The van der Waals surface area contributed by atoms with E-state index in [2.05, 4.69) is 30.0 Å². The van der Waals surface area contributed by atoms with Gasteiger partial charge in [0, 0.05) is 0 Å². The van der Waals surface area contributed by atoms with Crippen LogP contribution in [0, 0.1) is 0 Å². The normalized spacial score (nSPS) is 11.2. The van der Waals surface area contributed by atoms with Crippen molar-refractivity contribution in [1.82, 2.24) is 0 Å². The zero-order chi connectivity index (χ0) is 10.4. The van der Waals surface area contributed by atoms with Crippen LogP contribution in [-0.4, -0.2) is 33.4 Å². The predicted molar refractivity (Wildman–Crippen MR) is 54.4 cm³/mol. The molecule has 72 valence electrons. The fourth-order valence-corrected chi connectivity index (χ4v) is 1.28. The number of carbonyl (C=O) groups is 1. The van der Waals surface area contributed by atoms with Crippen LogP contribution in [0.25, 0.3) is 0 Å². The van der Waals surface area contributed by atoms with E-state index in [0.717, 1.165) is 5.56 Å². The standard InChI is InChI=1S/C10H9NO2Se/c1-13-10(12)9(11-7-14)8-5-3-2-4-6-8/h2-6,9H,1H3/t9-/m0/s1. The third-order valence-electron chi connectivity index (χ3n) is 1.72. The van der Waals surface area contributed by atoms with E-state index >= 15 is 0 Å². The van der Waals surface area contributed by atoms with E-state index < -0.39 is 6.04 Å². The Balaban J connectivity index is 3.00. The SMILES string of the molecule is COC(=O)[C@@H](N=C=[Se])c1ccccc1. The third kappa shape index (κ3) is 2.64. The molecule has 3 nitrogen and oxygen atoms in total. The van der Waals surface area contributed by atoms with E-state index in [1.165, 1.54) is 7.11 Å². The predicted octanol–water partition coefficient (Wildman–Crippen LogP) is 0.974. The monoisotopic (exact) mass is 255 g/mol. The molecule has 1 atom stereocenters. The summed E-state index contributed by atoms with van der Waals surface area (Å²) in [6.45, 7) is 0.